The molecule has 1 aliphatic heterocycles. The molecule has 0 unspecified atom stereocenters. The number of amides is 1. The number of nitrogens with one attached hydrogen (secondary N) is 1. The molecule has 0 atom stereocenters. The molecule has 0 bridgehead atoms. The summed E-state index contributed by atoms with van der Waals surface area (Å²) < 4.78 is 5.24. The van der Waals surface area contributed by atoms with E-state index >= 15 is 0 Å². The Labute approximate surface area is 170 Å². The number of ether oxygens (including phenoxy) is 1. The SMILES string of the molecule is CCOC(=O)c1c(NC(=O)CN2CCN(C)CC2)sc(-c2ccccc2)c1C. The van der Waals surface area contributed by atoms with Crippen LogP contribution in [0.3, 0.4) is 0 Å². The first kappa shape index (κ1) is 20.5. The first-order valence-corrected chi connectivity index (χ1v) is 10.4. The zero-order chi connectivity index (χ0) is 20.1. The topological polar surface area (TPSA) is 61.9 Å². The molecule has 150 valence electrons. The van der Waals surface area contributed by atoms with Crippen LogP contribution in [0, 0.1) is 6.92 Å². The summed E-state index contributed by atoms with van der Waals surface area (Å²) in [6, 6.07) is 9.89. The maximum atomic E-state index is 12.6. The number of rotatable bonds is 6. The fraction of sp³-hybridized carbons (Fsp3) is 0.429. The van der Waals surface area contributed by atoms with Gasteiger partial charge in [-0.2, -0.15) is 0 Å². The average Bonchev–Trinajstić information content (AvgIpc) is 3.00. The highest BCUT2D eigenvalue weighted by molar-refractivity contribution is 7.20. The number of benzene rings is 1. The van der Waals surface area contributed by atoms with Crippen LogP contribution in [0.4, 0.5) is 5.00 Å². The largest absolute Gasteiger partial charge is 0.462 e. The Morgan fingerprint density at radius 3 is 2.46 bits per heavy atom. The van der Waals surface area contributed by atoms with Crippen LogP contribution >= 0.6 is 11.3 Å². The van der Waals surface area contributed by atoms with Crippen molar-refractivity contribution < 1.29 is 14.3 Å². The van der Waals surface area contributed by atoms with Crippen molar-refractivity contribution in [3.8, 4) is 10.4 Å². The summed E-state index contributed by atoms with van der Waals surface area (Å²) in [6.07, 6.45) is 0. The summed E-state index contributed by atoms with van der Waals surface area (Å²) in [5.74, 6) is -0.496. The van der Waals surface area contributed by atoms with E-state index in [1.54, 1.807) is 6.92 Å². The predicted octanol–water partition coefficient (Wildman–Crippen LogP) is 3.09. The molecule has 3 rings (SSSR count). The Balaban J connectivity index is 1.82. The number of carbonyl (C=O) groups is 2. The lowest BCUT2D eigenvalue weighted by molar-refractivity contribution is -0.117. The van der Waals surface area contributed by atoms with E-state index < -0.39 is 5.97 Å². The van der Waals surface area contributed by atoms with Crippen LogP contribution in [-0.4, -0.2) is 68.1 Å². The van der Waals surface area contributed by atoms with E-state index in [0.717, 1.165) is 42.2 Å². The number of nitrogens with zero attached hydrogens (tertiary/aromatic N) is 2. The van der Waals surface area contributed by atoms with E-state index in [0.29, 0.717) is 23.7 Å². The lowest BCUT2D eigenvalue weighted by Gasteiger charge is -2.31. The van der Waals surface area contributed by atoms with E-state index in [1.807, 2.05) is 37.3 Å². The van der Waals surface area contributed by atoms with Crippen molar-refractivity contribution in [1.29, 1.82) is 0 Å². The number of hydrogen-bond donors (Lipinski definition) is 1. The molecule has 0 aliphatic carbocycles. The average molecular weight is 402 g/mol. The van der Waals surface area contributed by atoms with Gasteiger partial charge in [-0.1, -0.05) is 30.3 Å². The molecule has 1 aromatic heterocycles. The number of thiophene rings is 1. The first-order chi connectivity index (χ1) is 13.5. The van der Waals surface area contributed by atoms with Gasteiger partial charge in [0.15, 0.2) is 0 Å². The molecule has 1 N–H and O–H groups in total. The standard InChI is InChI=1S/C21H27N3O3S/c1-4-27-21(26)18-15(2)19(16-8-6-5-7-9-16)28-20(18)22-17(25)14-24-12-10-23(3)11-13-24/h5-9H,4,10-14H2,1-3H3,(H,22,25). The fourth-order valence-corrected chi connectivity index (χ4v) is 4.51. The van der Waals surface area contributed by atoms with Gasteiger partial charge in [0.1, 0.15) is 5.00 Å². The molecule has 1 saturated heterocycles. The van der Waals surface area contributed by atoms with Gasteiger partial charge in [0.05, 0.1) is 18.7 Å². The predicted molar refractivity (Wildman–Crippen MR) is 113 cm³/mol. The summed E-state index contributed by atoms with van der Waals surface area (Å²) in [5.41, 5.74) is 2.32. The Morgan fingerprint density at radius 1 is 1.14 bits per heavy atom. The lowest BCUT2D eigenvalue weighted by Crippen LogP contribution is -2.47. The Bertz CT molecular complexity index is 827. The van der Waals surface area contributed by atoms with Crippen LogP contribution < -0.4 is 5.32 Å². The lowest BCUT2D eigenvalue weighted by atomic mass is 10.1. The van der Waals surface area contributed by atoms with Crippen molar-refractivity contribution >= 4 is 28.2 Å². The number of carbonyl (C=O) groups excluding carboxylic acids is 2. The maximum absolute atomic E-state index is 12.6. The van der Waals surface area contributed by atoms with Crippen molar-refractivity contribution in [2.24, 2.45) is 0 Å². The number of likely N-dealkylation sites (N-methyl/N-ethyl adjacent to an activating group) is 1. The third kappa shape index (κ3) is 4.79. The van der Waals surface area contributed by atoms with Gasteiger partial charge >= 0.3 is 5.97 Å². The molecule has 2 aromatic rings. The number of esters is 1. The van der Waals surface area contributed by atoms with E-state index in [9.17, 15) is 9.59 Å². The molecule has 1 aromatic carbocycles. The smallest absolute Gasteiger partial charge is 0.341 e. The highest BCUT2D eigenvalue weighted by atomic mass is 32.1. The second-order valence-corrected chi connectivity index (χ2v) is 8.00. The molecule has 1 fully saturated rings. The quantitative estimate of drug-likeness (QED) is 0.754. The highest BCUT2D eigenvalue weighted by Gasteiger charge is 2.25. The van der Waals surface area contributed by atoms with Gasteiger partial charge in [-0.3, -0.25) is 9.69 Å². The van der Waals surface area contributed by atoms with Crippen LogP contribution in [0.1, 0.15) is 22.8 Å². The molecule has 28 heavy (non-hydrogen) atoms. The Morgan fingerprint density at radius 2 is 1.82 bits per heavy atom. The van der Waals surface area contributed by atoms with Crippen molar-refractivity contribution in [3.63, 3.8) is 0 Å². The third-order valence-electron chi connectivity index (χ3n) is 4.88. The van der Waals surface area contributed by atoms with Gasteiger partial charge in [-0.25, -0.2) is 4.79 Å². The molecule has 2 heterocycles. The summed E-state index contributed by atoms with van der Waals surface area (Å²) in [4.78, 5) is 30.6. The van der Waals surface area contributed by atoms with E-state index in [4.69, 9.17) is 4.74 Å². The molecule has 0 saturated carbocycles. The summed E-state index contributed by atoms with van der Waals surface area (Å²) >= 11 is 1.42. The second kappa shape index (κ2) is 9.32. The summed E-state index contributed by atoms with van der Waals surface area (Å²) in [5, 5.41) is 3.53. The highest BCUT2D eigenvalue weighted by Crippen LogP contribution is 2.40. The third-order valence-corrected chi connectivity index (χ3v) is 6.13. The molecular weight excluding hydrogens is 374 g/mol. The van der Waals surface area contributed by atoms with Gasteiger partial charge < -0.3 is 15.0 Å². The zero-order valence-corrected chi connectivity index (χ0v) is 17.5. The minimum atomic E-state index is -0.395. The monoisotopic (exact) mass is 401 g/mol. The molecular formula is C21H27N3O3S. The fourth-order valence-electron chi connectivity index (χ4n) is 3.29. The molecule has 7 heteroatoms. The number of anilines is 1. The maximum Gasteiger partial charge on any atom is 0.341 e. The molecule has 6 nitrogen and oxygen atoms in total. The van der Waals surface area contributed by atoms with Crippen molar-refractivity contribution in [3.05, 3.63) is 41.5 Å². The molecule has 0 radical (unpaired) electrons. The van der Waals surface area contributed by atoms with Crippen molar-refractivity contribution in [2.75, 3.05) is 51.7 Å². The van der Waals surface area contributed by atoms with E-state index in [1.165, 1.54) is 11.3 Å². The van der Waals surface area contributed by atoms with Crippen molar-refractivity contribution in [2.45, 2.75) is 13.8 Å². The molecule has 1 aliphatic rings. The Hall–Kier alpha value is -2.22. The van der Waals surface area contributed by atoms with Crippen LogP contribution in [0.15, 0.2) is 30.3 Å². The van der Waals surface area contributed by atoms with Crippen LogP contribution in [0.5, 0.6) is 0 Å². The van der Waals surface area contributed by atoms with Crippen LogP contribution in [-0.2, 0) is 9.53 Å². The van der Waals surface area contributed by atoms with Gasteiger partial charge in [-0.15, -0.1) is 11.3 Å². The first-order valence-electron chi connectivity index (χ1n) is 9.56. The van der Waals surface area contributed by atoms with Crippen molar-refractivity contribution in [1.82, 2.24) is 9.80 Å². The summed E-state index contributed by atoms with van der Waals surface area (Å²) in [7, 11) is 2.09. The Kier molecular flexibility index (Phi) is 6.83. The number of hydrogen-bond acceptors (Lipinski definition) is 6. The normalized spacial score (nSPS) is 15.4. The minimum absolute atomic E-state index is 0.101. The van der Waals surface area contributed by atoms with E-state index in [2.05, 4.69) is 22.2 Å². The number of piperazine rings is 1. The molecule has 0 spiro atoms. The summed E-state index contributed by atoms with van der Waals surface area (Å²) in [6.45, 7) is 7.96. The van der Waals surface area contributed by atoms with E-state index in [-0.39, 0.29) is 5.91 Å². The van der Waals surface area contributed by atoms with Gasteiger partial charge in [0.25, 0.3) is 0 Å². The van der Waals surface area contributed by atoms with Crippen LogP contribution in [0.2, 0.25) is 0 Å². The van der Waals surface area contributed by atoms with Gasteiger partial charge in [-0.05, 0) is 32.0 Å². The van der Waals surface area contributed by atoms with Gasteiger partial charge in [0.2, 0.25) is 5.91 Å². The zero-order valence-electron chi connectivity index (χ0n) is 16.7. The second-order valence-electron chi connectivity index (χ2n) is 6.97. The minimum Gasteiger partial charge on any atom is -0.462 e. The van der Waals surface area contributed by atoms with Crippen LogP contribution in [0.25, 0.3) is 10.4 Å². The molecule has 1 amide bonds. The van der Waals surface area contributed by atoms with Gasteiger partial charge in [0, 0.05) is 31.1 Å².